The number of benzene rings is 2. The smallest absolute Gasteiger partial charge is 0.243 e. The highest BCUT2D eigenvalue weighted by Gasteiger charge is 2.32. The maximum Gasteiger partial charge on any atom is 0.243 e. The van der Waals surface area contributed by atoms with Crippen LogP contribution in [0.2, 0.25) is 0 Å². The van der Waals surface area contributed by atoms with Gasteiger partial charge in [0.2, 0.25) is 15.9 Å². The Labute approximate surface area is 188 Å². The van der Waals surface area contributed by atoms with Gasteiger partial charge in [-0.3, -0.25) is 4.79 Å². The number of carbonyl (C=O) groups excluding carboxylic acids is 1. The van der Waals surface area contributed by atoms with Gasteiger partial charge in [0.25, 0.3) is 0 Å². The molecular formula is C24H28N2O5S. The number of morpholine rings is 1. The third kappa shape index (κ3) is 4.44. The molecule has 0 bridgehead atoms. The van der Waals surface area contributed by atoms with E-state index in [-0.39, 0.29) is 29.4 Å². The number of sulfonamides is 1. The van der Waals surface area contributed by atoms with Gasteiger partial charge in [-0.25, -0.2) is 8.42 Å². The summed E-state index contributed by atoms with van der Waals surface area (Å²) in [4.78, 5) is 12.8. The van der Waals surface area contributed by atoms with E-state index in [4.69, 9.17) is 9.15 Å². The second-order valence-electron chi connectivity index (χ2n) is 8.47. The molecular weight excluding hydrogens is 428 g/mol. The van der Waals surface area contributed by atoms with Crippen LogP contribution < -0.4 is 5.32 Å². The monoisotopic (exact) mass is 456 g/mol. The lowest BCUT2D eigenvalue weighted by Crippen LogP contribution is -2.48. The summed E-state index contributed by atoms with van der Waals surface area (Å²) in [6.07, 6.45) is 1.48. The van der Waals surface area contributed by atoms with Crippen molar-refractivity contribution < 1.29 is 22.4 Å². The molecule has 32 heavy (non-hydrogen) atoms. The highest BCUT2D eigenvalue weighted by atomic mass is 32.2. The van der Waals surface area contributed by atoms with E-state index in [2.05, 4.69) is 5.32 Å². The van der Waals surface area contributed by atoms with Gasteiger partial charge in [-0.05, 0) is 63.1 Å². The van der Waals surface area contributed by atoms with Crippen molar-refractivity contribution in [2.24, 2.45) is 0 Å². The number of fused-ring (bicyclic) bond motifs is 1. The Balaban J connectivity index is 1.45. The zero-order valence-electron chi connectivity index (χ0n) is 18.7. The number of rotatable bonds is 5. The van der Waals surface area contributed by atoms with E-state index >= 15 is 0 Å². The van der Waals surface area contributed by atoms with Crippen molar-refractivity contribution in [3.8, 4) is 0 Å². The minimum Gasteiger partial charge on any atom is -0.464 e. The minimum absolute atomic E-state index is 0.154. The van der Waals surface area contributed by atoms with E-state index in [9.17, 15) is 13.2 Å². The zero-order chi connectivity index (χ0) is 23.0. The first-order valence-electron chi connectivity index (χ1n) is 10.7. The number of carbonyl (C=O) groups is 1. The van der Waals surface area contributed by atoms with Gasteiger partial charge in [-0.2, -0.15) is 4.31 Å². The molecule has 1 aromatic heterocycles. The number of nitrogens with one attached hydrogen (secondary N) is 1. The van der Waals surface area contributed by atoms with E-state index < -0.39 is 10.0 Å². The second kappa shape index (κ2) is 8.69. The van der Waals surface area contributed by atoms with Crippen molar-refractivity contribution >= 4 is 32.6 Å². The number of anilines is 1. The topological polar surface area (TPSA) is 88.9 Å². The lowest BCUT2D eigenvalue weighted by atomic mass is 10.0. The Morgan fingerprint density at radius 1 is 1.06 bits per heavy atom. The Hall–Kier alpha value is -2.68. The van der Waals surface area contributed by atoms with Crippen LogP contribution in [0.4, 0.5) is 5.69 Å². The fourth-order valence-corrected chi connectivity index (χ4v) is 5.68. The van der Waals surface area contributed by atoms with Crippen LogP contribution >= 0.6 is 0 Å². The fraction of sp³-hybridized carbons (Fsp3) is 0.375. The van der Waals surface area contributed by atoms with Crippen molar-refractivity contribution in [1.29, 1.82) is 0 Å². The molecule has 1 N–H and O–H groups in total. The first-order chi connectivity index (χ1) is 15.1. The predicted molar refractivity (Wildman–Crippen MR) is 123 cm³/mol. The Morgan fingerprint density at radius 2 is 1.72 bits per heavy atom. The van der Waals surface area contributed by atoms with E-state index in [0.717, 1.165) is 27.7 Å². The zero-order valence-corrected chi connectivity index (χ0v) is 19.5. The lowest BCUT2D eigenvalue weighted by molar-refractivity contribution is -0.115. The molecule has 0 unspecified atom stereocenters. The number of ether oxygens (including phenoxy) is 1. The first-order valence-corrected chi connectivity index (χ1v) is 12.1. The van der Waals surface area contributed by atoms with Gasteiger partial charge >= 0.3 is 0 Å². The van der Waals surface area contributed by atoms with Gasteiger partial charge in [-0.1, -0.05) is 12.1 Å². The molecule has 1 fully saturated rings. The van der Waals surface area contributed by atoms with Crippen LogP contribution in [0.15, 0.2) is 52.0 Å². The van der Waals surface area contributed by atoms with Crippen LogP contribution in [-0.2, 0) is 26.0 Å². The molecule has 1 saturated heterocycles. The third-order valence-corrected chi connectivity index (χ3v) is 7.70. The van der Waals surface area contributed by atoms with Crippen LogP contribution in [0.1, 0.15) is 30.5 Å². The Morgan fingerprint density at radius 3 is 2.38 bits per heavy atom. The molecule has 8 heteroatoms. The summed E-state index contributed by atoms with van der Waals surface area (Å²) in [5.41, 5.74) is 4.36. The Bertz CT molecular complexity index is 1240. The molecule has 1 aliphatic rings. The predicted octanol–water partition coefficient (Wildman–Crippen LogP) is 4.03. The number of furan rings is 1. The maximum absolute atomic E-state index is 13.0. The summed E-state index contributed by atoms with van der Waals surface area (Å²) in [6, 6.07) is 10.3. The van der Waals surface area contributed by atoms with Crippen molar-refractivity contribution in [2.75, 3.05) is 18.4 Å². The fourth-order valence-electron chi connectivity index (χ4n) is 4.09. The summed E-state index contributed by atoms with van der Waals surface area (Å²) in [5.74, 6) is -0.197. The average molecular weight is 457 g/mol. The normalized spacial score (nSPS) is 19.9. The van der Waals surface area contributed by atoms with Crippen molar-refractivity contribution in [3.63, 3.8) is 0 Å². The van der Waals surface area contributed by atoms with Crippen LogP contribution in [0.25, 0.3) is 11.0 Å². The Kier molecular flexibility index (Phi) is 6.11. The molecule has 170 valence electrons. The number of hydrogen-bond acceptors (Lipinski definition) is 5. The molecule has 1 aliphatic heterocycles. The van der Waals surface area contributed by atoms with E-state index in [1.807, 2.05) is 39.8 Å². The SMILES string of the molecule is Cc1ccc2c(CC(=O)Nc3ccc(S(=O)(=O)N4C[C@@H](C)O[C@@H](C)C4)cc3)coc2c1C. The molecule has 2 heterocycles. The van der Waals surface area contributed by atoms with E-state index in [1.165, 1.54) is 16.4 Å². The number of aryl methyl sites for hydroxylation is 2. The molecule has 0 aliphatic carbocycles. The van der Waals surface area contributed by atoms with Gasteiger partial charge in [0.15, 0.2) is 0 Å². The lowest BCUT2D eigenvalue weighted by Gasteiger charge is -2.34. The number of amides is 1. The minimum atomic E-state index is -3.62. The van der Waals surface area contributed by atoms with Gasteiger partial charge in [0, 0.05) is 29.7 Å². The summed E-state index contributed by atoms with van der Waals surface area (Å²) in [6.45, 7) is 8.39. The maximum atomic E-state index is 13.0. The standard InChI is InChI=1S/C24H28N2O5S/c1-15-5-10-22-19(14-30-24(22)18(15)4)11-23(27)25-20-6-8-21(9-7-20)32(28,29)26-12-16(2)31-17(3)13-26/h5-10,14,16-17H,11-13H2,1-4H3,(H,25,27)/t16-,17+. The molecule has 4 rings (SSSR count). The largest absolute Gasteiger partial charge is 0.464 e. The van der Waals surface area contributed by atoms with Gasteiger partial charge in [0.1, 0.15) is 5.58 Å². The molecule has 0 saturated carbocycles. The van der Waals surface area contributed by atoms with E-state index in [1.54, 1.807) is 18.4 Å². The molecule has 7 nitrogen and oxygen atoms in total. The number of nitrogens with zero attached hydrogens (tertiary/aromatic N) is 1. The summed E-state index contributed by atoms with van der Waals surface area (Å²) >= 11 is 0. The van der Waals surface area contributed by atoms with Gasteiger partial charge < -0.3 is 14.5 Å². The van der Waals surface area contributed by atoms with Crippen LogP contribution in [0, 0.1) is 13.8 Å². The highest BCUT2D eigenvalue weighted by Crippen LogP contribution is 2.27. The second-order valence-corrected chi connectivity index (χ2v) is 10.4. The quantitative estimate of drug-likeness (QED) is 0.626. The molecule has 0 radical (unpaired) electrons. The van der Waals surface area contributed by atoms with E-state index in [0.29, 0.717) is 18.8 Å². The molecule has 1 amide bonds. The molecule has 3 aromatic rings. The summed E-state index contributed by atoms with van der Waals surface area (Å²) in [5, 5.41) is 3.76. The number of hydrogen-bond donors (Lipinski definition) is 1. The highest BCUT2D eigenvalue weighted by molar-refractivity contribution is 7.89. The van der Waals surface area contributed by atoms with Crippen LogP contribution in [0.3, 0.4) is 0 Å². The first kappa shape index (κ1) is 22.5. The molecule has 0 spiro atoms. The average Bonchev–Trinajstić information content (AvgIpc) is 3.13. The van der Waals surface area contributed by atoms with Gasteiger partial charge in [-0.15, -0.1) is 0 Å². The summed E-state index contributed by atoms with van der Waals surface area (Å²) in [7, 11) is -3.62. The van der Waals surface area contributed by atoms with Crippen molar-refractivity contribution in [2.45, 2.75) is 51.2 Å². The van der Waals surface area contributed by atoms with Crippen molar-refractivity contribution in [3.05, 3.63) is 59.4 Å². The van der Waals surface area contributed by atoms with Crippen molar-refractivity contribution in [1.82, 2.24) is 4.31 Å². The van der Waals surface area contributed by atoms with Crippen LogP contribution in [-0.4, -0.2) is 43.9 Å². The summed E-state index contributed by atoms with van der Waals surface area (Å²) < 4.78 is 38.7. The third-order valence-electron chi connectivity index (χ3n) is 5.85. The molecule has 2 atom stereocenters. The van der Waals surface area contributed by atoms with Crippen LogP contribution in [0.5, 0.6) is 0 Å². The molecule has 2 aromatic carbocycles. The van der Waals surface area contributed by atoms with Gasteiger partial charge in [0.05, 0.1) is 29.8 Å².